The number of aliphatic hydroxyl groups excluding tert-OH is 1. The smallest absolute Gasteiger partial charge is 0.320 e. The maximum Gasteiger partial charge on any atom is 0.320 e. The summed E-state index contributed by atoms with van der Waals surface area (Å²) in [4.78, 5) is 31.2. The van der Waals surface area contributed by atoms with Crippen LogP contribution in [0.4, 0.5) is 25.8 Å². The average Bonchev–Trinajstić information content (AvgIpc) is 3.62. The van der Waals surface area contributed by atoms with Gasteiger partial charge in [-0.2, -0.15) is 10.4 Å². The molecule has 0 spiro atoms. The number of aliphatic hydroxyl groups is 1. The summed E-state index contributed by atoms with van der Waals surface area (Å²) in [6.45, 7) is 5.74. The molecule has 0 radical (unpaired) electrons. The van der Waals surface area contributed by atoms with Crippen molar-refractivity contribution in [1.82, 2.24) is 29.4 Å². The Labute approximate surface area is 258 Å². The van der Waals surface area contributed by atoms with Crippen LogP contribution < -0.4 is 9.80 Å². The first-order valence-corrected chi connectivity index (χ1v) is 15.9. The number of amides is 2. The van der Waals surface area contributed by atoms with E-state index in [1.54, 1.807) is 17.0 Å². The fourth-order valence-electron chi connectivity index (χ4n) is 6.06. The number of aromatic nitrogens is 4. The number of benzene rings is 1. The molecule has 2 aliphatic heterocycles. The second kappa shape index (κ2) is 11.3. The zero-order chi connectivity index (χ0) is 30.5. The van der Waals surface area contributed by atoms with Gasteiger partial charge >= 0.3 is 6.03 Å². The van der Waals surface area contributed by atoms with Gasteiger partial charge in [0.05, 0.1) is 24.9 Å². The number of carbonyl (C=O) groups is 1. The molecule has 44 heavy (non-hydrogen) atoms. The number of nitrogens with zero attached hydrogens (tertiary/aromatic N) is 9. The number of nitriles is 1. The van der Waals surface area contributed by atoms with Gasteiger partial charge in [0.15, 0.2) is 10.8 Å². The van der Waals surface area contributed by atoms with Crippen LogP contribution in [0.25, 0.3) is 16.9 Å². The maximum atomic E-state index is 13.6. The molecule has 3 aromatic heterocycles. The lowest BCUT2D eigenvalue weighted by molar-refractivity contribution is 0.0146. The molecule has 1 aromatic carbocycles. The summed E-state index contributed by atoms with van der Waals surface area (Å²) < 4.78 is 15.5. The Morgan fingerprint density at radius 2 is 1.80 bits per heavy atom. The molecule has 0 unspecified atom stereocenters. The Hall–Kier alpha value is -4.28. The number of halogens is 1. The van der Waals surface area contributed by atoms with Crippen molar-refractivity contribution in [3.05, 3.63) is 52.4 Å². The summed E-state index contributed by atoms with van der Waals surface area (Å²) in [6.07, 6.45) is 3.36. The highest BCUT2D eigenvalue weighted by Gasteiger charge is 2.35. The van der Waals surface area contributed by atoms with Crippen LogP contribution in [0.5, 0.6) is 0 Å². The molecule has 2 saturated heterocycles. The topological polar surface area (TPSA) is 117 Å². The second-order valence-corrected chi connectivity index (χ2v) is 12.9. The van der Waals surface area contributed by atoms with E-state index in [0.29, 0.717) is 53.4 Å². The highest BCUT2D eigenvalue weighted by molar-refractivity contribution is 7.16. The van der Waals surface area contributed by atoms with Crippen molar-refractivity contribution in [3.8, 4) is 17.3 Å². The first-order valence-electron chi connectivity index (χ1n) is 15.1. The molecule has 13 heteroatoms. The van der Waals surface area contributed by atoms with Crippen molar-refractivity contribution in [3.63, 3.8) is 0 Å². The summed E-state index contributed by atoms with van der Waals surface area (Å²) in [5.74, 6) is 0.888. The van der Waals surface area contributed by atoms with Crippen LogP contribution in [0.15, 0.2) is 30.3 Å². The van der Waals surface area contributed by atoms with Crippen molar-refractivity contribution in [2.75, 3.05) is 56.1 Å². The first kappa shape index (κ1) is 28.5. The van der Waals surface area contributed by atoms with Gasteiger partial charge in [-0.25, -0.2) is 23.7 Å². The summed E-state index contributed by atoms with van der Waals surface area (Å²) >= 11 is 1.30. The molecule has 3 fully saturated rings. The van der Waals surface area contributed by atoms with E-state index in [1.807, 2.05) is 28.3 Å². The minimum Gasteiger partial charge on any atom is -0.389 e. The SMILES string of the molecule is Cc1cc(N2CCCN(C(=O)N3CC(O)C3)CCC2)nc2c(N(C)c3nc(-c4ccc(F)cc4)c(C#N)s3)c(C3CC3)nn12. The number of urea groups is 1. The van der Waals surface area contributed by atoms with Crippen molar-refractivity contribution < 1.29 is 14.3 Å². The van der Waals surface area contributed by atoms with E-state index in [1.165, 1.54) is 23.5 Å². The lowest BCUT2D eigenvalue weighted by Crippen LogP contribution is -2.58. The van der Waals surface area contributed by atoms with Crippen LogP contribution in [-0.2, 0) is 0 Å². The highest BCUT2D eigenvalue weighted by Crippen LogP contribution is 2.47. The number of thiazole rings is 1. The summed E-state index contributed by atoms with van der Waals surface area (Å²) in [7, 11) is 1.94. The molecule has 2 amide bonds. The number of aryl methyl sites for hydroxylation is 1. The molecule has 1 saturated carbocycles. The van der Waals surface area contributed by atoms with Crippen LogP contribution in [0.1, 0.15) is 47.9 Å². The number of rotatable bonds is 5. The van der Waals surface area contributed by atoms with Gasteiger partial charge in [0.2, 0.25) is 0 Å². The van der Waals surface area contributed by atoms with Gasteiger partial charge in [-0.1, -0.05) is 11.3 Å². The zero-order valence-electron chi connectivity index (χ0n) is 24.8. The third kappa shape index (κ3) is 5.22. The molecule has 228 valence electrons. The molecule has 3 aliphatic rings. The molecule has 1 N–H and O–H groups in total. The van der Waals surface area contributed by atoms with Crippen LogP contribution in [-0.4, -0.2) is 92.9 Å². The summed E-state index contributed by atoms with van der Waals surface area (Å²) in [5.41, 5.74) is 4.82. The number of fused-ring (bicyclic) bond motifs is 1. The lowest BCUT2D eigenvalue weighted by Gasteiger charge is -2.40. The number of β-amino-alcohol motifs (C(OH)–C–C–N with tert-alkyl or cyclic N) is 1. The molecule has 5 heterocycles. The van der Waals surface area contributed by atoms with E-state index in [0.717, 1.165) is 67.3 Å². The predicted octanol–water partition coefficient (Wildman–Crippen LogP) is 4.52. The minimum atomic E-state index is -0.401. The summed E-state index contributed by atoms with van der Waals surface area (Å²) in [6, 6.07) is 10.4. The molecule has 0 bridgehead atoms. The molecule has 1 aliphatic carbocycles. The minimum absolute atomic E-state index is 0.0167. The Bertz CT molecular complexity index is 1740. The molecule has 0 atom stereocenters. The van der Waals surface area contributed by atoms with Crippen molar-refractivity contribution in [2.45, 2.75) is 44.6 Å². The second-order valence-electron chi connectivity index (χ2n) is 11.9. The molecular weight excluding hydrogens is 581 g/mol. The Morgan fingerprint density at radius 3 is 2.43 bits per heavy atom. The standard InChI is InChI=1S/C31H34FN9O2S/c1-19-15-25(38-11-3-13-39(14-4-12-38)31(43)40-17-23(42)18-40)34-29-28(27(21-5-6-21)36-41(19)29)37(2)30-35-26(24(16-33)44-30)20-7-9-22(32)10-8-20/h7-10,15,21,23,42H,3-6,11-14,17-18H2,1-2H3. The van der Waals surface area contributed by atoms with E-state index in [9.17, 15) is 19.6 Å². The van der Waals surface area contributed by atoms with E-state index in [4.69, 9.17) is 15.1 Å². The fourth-order valence-corrected chi connectivity index (χ4v) is 6.91. The third-order valence-corrected chi connectivity index (χ3v) is 9.65. The molecular formula is C31H34FN9O2S. The Balaban J connectivity index is 1.19. The lowest BCUT2D eigenvalue weighted by atomic mass is 10.1. The van der Waals surface area contributed by atoms with Gasteiger partial charge in [-0.3, -0.25) is 0 Å². The monoisotopic (exact) mass is 615 g/mol. The number of likely N-dealkylation sites (tertiary alicyclic amines) is 1. The van der Waals surface area contributed by atoms with Crippen molar-refractivity contribution in [2.24, 2.45) is 0 Å². The average molecular weight is 616 g/mol. The predicted molar refractivity (Wildman–Crippen MR) is 166 cm³/mol. The van der Waals surface area contributed by atoms with E-state index in [2.05, 4.69) is 17.0 Å². The van der Waals surface area contributed by atoms with Crippen molar-refractivity contribution in [1.29, 1.82) is 5.26 Å². The van der Waals surface area contributed by atoms with Gasteiger partial charge in [0.25, 0.3) is 0 Å². The van der Waals surface area contributed by atoms with Gasteiger partial charge < -0.3 is 24.7 Å². The number of hydrogen-bond acceptors (Lipinski definition) is 9. The zero-order valence-corrected chi connectivity index (χ0v) is 25.6. The van der Waals surface area contributed by atoms with E-state index >= 15 is 0 Å². The van der Waals surface area contributed by atoms with Crippen LogP contribution in [0.2, 0.25) is 0 Å². The van der Waals surface area contributed by atoms with Gasteiger partial charge in [0.1, 0.15) is 34.0 Å². The Kier molecular flexibility index (Phi) is 7.34. The number of anilines is 3. The first-order chi connectivity index (χ1) is 21.3. The molecule has 7 rings (SSSR count). The normalized spacial score (nSPS) is 17.8. The van der Waals surface area contributed by atoms with Gasteiger partial charge in [0, 0.05) is 56.5 Å². The number of carbonyl (C=O) groups excluding carboxylic acids is 1. The maximum absolute atomic E-state index is 13.6. The fraction of sp³-hybridized carbons (Fsp3) is 0.452. The van der Waals surface area contributed by atoms with E-state index in [-0.39, 0.29) is 11.8 Å². The van der Waals surface area contributed by atoms with E-state index < -0.39 is 6.10 Å². The largest absolute Gasteiger partial charge is 0.389 e. The van der Waals surface area contributed by atoms with Crippen molar-refractivity contribution >= 4 is 39.7 Å². The van der Waals surface area contributed by atoms with Gasteiger partial charge in [-0.05, 0) is 56.9 Å². The number of hydrogen-bond donors (Lipinski definition) is 1. The highest BCUT2D eigenvalue weighted by atomic mass is 32.1. The van der Waals surface area contributed by atoms with Crippen LogP contribution in [0, 0.1) is 24.1 Å². The van der Waals surface area contributed by atoms with Crippen LogP contribution in [0.3, 0.4) is 0 Å². The molecule has 11 nitrogen and oxygen atoms in total. The summed E-state index contributed by atoms with van der Waals surface area (Å²) in [5, 5.41) is 25.2. The Morgan fingerprint density at radius 1 is 1.09 bits per heavy atom. The third-order valence-electron chi connectivity index (χ3n) is 8.62. The van der Waals surface area contributed by atoms with Gasteiger partial charge in [-0.15, -0.1) is 0 Å². The molecule has 4 aromatic rings. The quantitative estimate of drug-likeness (QED) is 0.349. The van der Waals surface area contributed by atoms with Crippen LogP contribution >= 0.6 is 11.3 Å².